The highest BCUT2D eigenvalue weighted by Gasteiger charge is 2.46. The summed E-state index contributed by atoms with van der Waals surface area (Å²) in [5.74, 6) is -6.71. The Balaban J connectivity index is 1.15. The fourth-order valence-electron chi connectivity index (χ4n) is 13.4. The largest absolute Gasteiger partial charge is 0.480 e. The highest BCUT2D eigenvalue weighted by molar-refractivity contribution is 6.12. The van der Waals surface area contributed by atoms with Crippen molar-refractivity contribution in [2.24, 2.45) is 35.3 Å². The summed E-state index contributed by atoms with van der Waals surface area (Å²) in [6.07, 6.45) is 4.02. The molecule has 0 bridgehead atoms. The van der Waals surface area contributed by atoms with Gasteiger partial charge in [0.2, 0.25) is 41.4 Å². The normalized spacial score (nSPS) is 16.2. The summed E-state index contributed by atoms with van der Waals surface area (Å²) >= 11 is 0. The van der Waals surface area contributed by atoms with Gasteiger partial charge in [-0.05, 0) is 117 Å². The van der Waals surface area contributed by atoms with Crippen LogP contribution in [0.25, 0.3) is 0 Å². The number of carboxylic acids is 1. The predicted octanol–water partition coefficient (Wildman–Crippen LogP) is 6.63. The zero-order chi connectivity index (χ0) is 77.8. The van der Waals surface area contributed by atoms with E-state index in [1.54, 1.807) is 105 Å². The maximum Gasteiger partial charge on any atom is 0.414 e. The number of hydrogen-bond donors (Lipinski definition) is 7. The van der Waals surface area contributed by atoms with Crippen LogP contribution in [0.5, 0.6) is 0 Å². The fraction of sp³-hybridized carbons (Fsp3) is 0.584. The third-order valence-corrected chi connectivity index (χ3v) is 19.5. The van der Waals surface area contributed by atoms with Gasteiger partial charge in [0.05, 0.1) is 37.1 Å². The molecule has 2 aliphatic rings. The van der Waals surface area contributed by atoms with Gasteiger partial charge in [0.1, 0.15) is 36.9 Å². The number of benzene rings is 3. The lowest BCUT2D eigenvalue weighted by Gasteiger charge is -2.42. The maximum atomic E-state index is 14.9. The number of rotatable bonds is 43. The summed E-state index contributed by atoms with van der Waals surface area (Å²) < 4.78 is 17.1. The molecule has 105 heavy (non-hydrogen) atoms. The molecule has 0 spiro atoms. The molecule has 0 radical (unpaired) electrons. The van der Waals surface area contributed by atoms with Crippen molar-refractivity contribution in [2.75, 3.05) is 78.4 Å². The van der Waals surface area contributed by atoms with Crippen molar-refractivity contribution in [3.8, 4) is 0 Å². The maximum absolute atomic E-state index is 14.9. The van der Waals surface area contributed by atoms with Gasteiger partial charge >= 0.3 is 18.1 Å². The van der Waals surface area contributed by atoms with Crippen LogP contribution >= 0.6 is 0 Å². The highest BCUT2D eigenvalue weighted by Crippen LogP contribution is 2.31. The summed E-state index contributed by atoms with van der Waals surface area (Å²) in [5.41, 5.74) is 8.45. The summed E-state index contributed by atoms with van der Waals surface area (Å²) in [6, 6.07) is 16.7. The number of unbranched alkanes of at least 4 members (excludes halogenated alkanes) is 2. The average Bonchev–Trinajstić information content (AvgIpc) is 1.36. The monoisotopic (exact) mass is 1460 g/mol. The van der Waals surface area contributed by atoms with E-state index in [1.165, 1.54) is 36.2 Å². The minimum absolute atomic E-state index is 0.0240. The summed E-state index contributed by atoms with van der Waals surface area (Å²) in [5, 5.41) is 24.6. The van der Waals surface area contributed by atoms with Crippen molar-refractivity contribution >= 4 is 82.6 Å². The molecule has 8 N–H and O–H groups in total. The molecule has 2 unspecified atom stereocenters. The van der Waals surface area contributed by atoms with E-state index in [1.807, 2.05) is 71.7 Å². The number of ether oxygens (including phenoxy) is 3. The number of likely N-dealkylation sites (N-methyl/N-ethyl adjacent to an activating group) is 2. The number of primary amides is 1. The Labute approximate surface area is 618 Å². The number of methoxy groups -OCH3 is 2. The molecular formula is C77H114N12O16. The number of amides is 12. The number of nitrogens with two attached hydrogens (primary N) is 1. The van der Waals surface area contributed by atoms with Crippen molar-refractivity contribution in [1.82, 2.24) is 45.8 Å². The number of carbonyl (C=O) groups is 12. The molecule has 5 rings (SSSR count). The Kier molecular flexibility index (Phi) is 35.1. The first-order valence-corrected chi connectivity index (χ1v) is 36.6. The van der Waals surface area contributed by atoms with Gasteiger partial charge in [-0.2, -0.15) is 0 Å². The highest BCUT2D eigenvalue weighted by atomic mass is 16.6. The minimum atomic E-state index is -1.28. The van der Waals surface area contributed by atoms with E-state index in [0.717, 1.165) is 16.0 Å². The number of aliphatic carboxylic acids is 1. The smallest absolute Gasteiger partial charge is 0.414 e. The zero-order valence-electron chi connectivity index (χ0n) is 63.7. The summed E-state index contributed by atoms with van der Waals surface area (Å²) in [6.45, 7) is 17.8. The minimum Gasteiger partial charge on any atom is -0.480 e. The Hall–Kier alpha value is -9.28. The van der Waals surface area contributed by atoms with Crippen molar-refractivity contribution in [1.29, 1.82) is 0 Å². The predicted molar refractivity (Wildman–Crippen MR) is 397 cm³/mol. The molecule has 12 amide bonds. The van der Waals surface area contributed by atoms with Crippen LogP contribution in [0.15, 0.2) is 91.0 Å². The van der Waals surface area contributed by atoms with Gasteiger partial charge in [-0.15, -0.1) is 0 Å². The molecule has 1 saturated heterocycles. The van der Waals surface area contributed by atoms with Crippen LogP contribution in [0.4, 0.5) is 21.0 Å². The van der Waals surface area contributed by atoms with E-state index >= 15 is 0 Å². The second-order valence-electron chi connectivity index (χ2n) is 28.5. The third-order valence-electron chi connectivity index (χ3n) is 19.5. The second-order valence-corrected chi connectivity index (χ2v) is 28.5. The topological polar surface area (TPSA) is 358 Å². The van der Waals surface area contributed by atoms with Gasteiger partial charge in [0.15, 0.2) is 0 Å². The van der Waals surface area contributed by atoms with Gasteiger partial charge in [-0.3, -0.25) is 57.9 Å². The lowest BCUT2D eigenvalue weighted by atomic mass is 9.89. The summed E-state index contributed by atoms with van der Waals surface area (Å²) in [7, 11) is 8.07. The van der Waals surface area contributed by atoms with E-state index in [4.69, 9.17) is 19.9 Å². The Morgan fingerprint density at radius 3 is 1.92 bits per heavy atom. The molecule has 2 heterocycles. The van der Waals surface area contributed by atoms with Crippen molar-refractivity contribution in [2.45, 2.75) is 194 Å². The molecule has 0 saturated carbocycles. The second kappa shape index (κ2) is 42.6. The molecule has 2 aliphatic heterocycles. The van der Waals surface area contributed by atoms with E-state index in [2.05, 4.69) is 26.6 Å². The molecule has 3 aromatic carbocycles. The molecule has 0 aliphatic carbocycles. The first-order valence-electron chi connectivity index (χ1n) is 36.6. The first-order chi connectivity index (χ1) is 49.8. The third kappa shape index (κ3) is 25.8. The Morgan fingerprint density at radius 1 is 0.705 bits per heavy atom. The van der Waals surface area contributed by atoms with E-state index in [-0.39, 0.29) is 124 Å². The number of urea groups is 1. The zero-order valence-corrected chi connectivity index (χ0v) is 63.7. The van der Waals surface area contributed by atoms with Gasteiger partial charge in [0.25, 0.3) is 11.8 Å². The first kappa shape index (κ1) is 86.4. The lowest BCUT2D eigenvalue weighted by molar-refractivity contribution is -0.162. The van der Waals surface area contributed by atoms with Crippen molar-refractivity contribution in [3.05, 3.63) is 108 Å². The average molecular weight is 1460 g/mol. The van der Waals surface area contributed by atoms with E-state index in [0.29, 0.717) is 68.4 Å². The van der Waals surface area contributed by atoms with Gasteiger partial charge < -0.3 is 66.3 Å². The molecule has 3 aromatic rings. The number of anilines is 2. The number of carboxylic acid groups (broad SMARTS) is 1. The summed E-state index contributed by atoms with van der Waals surface area (Å²) in [4.78, 5) is 170. The van der Waals surface area contributed by atoms with Crippen LogP contribution in [-0.2, 0) is 81.6 Å². The van der Waals surface area contributed by atoms with Gasteiger partial charge in [-0.1, -0.05) is 130 Å². The molecule has 28 heteroatoms. The Morgan fingerprint density at radius 2 is 1.34 bits per heavy atom. The molecule has 1 fully saturated rings. The standard InChI is InChI=1S/C77H114N12O16/c1-15-51(8)69(60(104-14)45-65(93)87-42-23-28-62(87)89(73(97)52(9)46-103-13)59(75(99)100)44-54-24-18-16-19-25-54)86(12)74(98)67(49(4)5)83-72(96)68(50(6)7)84(10)43-39-53-31-35-57(36-32-53)85(11)77(102)105-47-55-29-33-56(34-30-55)80-70(94)58(26-22-40-79-76(78)101)81-71(95)66(48(2)3)82-61(90)27-20-17-21-41-88-63(91)37-38-64(88)92/h16,18-19,24-25,29-38,48-52,58-60,62,66-69H,15,17,20-23,26-28,39-47H2,1-14H3,(H,80,94)(H,81,95)(H,82,90)(H,83,96)(H,99,100)(H3,78,79,101)/t51-,52?,58-,59-,60+,62?,66-,67-,68-,69-/m0/s1. The lowest BCUT2D eigenvalue weighted by Crippen LogP contribution is -2.60. The van der Waals surface area contributed by atoms with Crippen LogP contribution in [0.3, 0.4) is 0 Å². The Bertz CT molecular complexity index is 3410. The molecule has 578 valence electrons. The van der Waals surface area contributed by atoms with E-state index in [9.17, 15) is 62.6 Å². The van der Waals surface area contributed by atoms with Crippen LogP contribution in [0, 0.1) is 29.6 Å². The van der Waals surface area contributed by atoms with E-state index < -0.39 is 90.3 Å². The van der Waals surface area contributed by atoms with Gasteiger partial charge in [0, 0.05) is 90.9 Å². The van der Waals surface area contributed by atoms with Crippen LogP contribution < -0.4 is 37.2 Å². The van der Waals surface area contributed by atoms with Gasteiger partial charge in [-0.25, -0.2) is 14.4 Å². The van der Waals surface area contributed by atoms with Crippen LogP contribution in [0.1, 0.15) is 143 Å². The quantitative estimate of drug-likeness (QED) is 0.0231. The number of nitrogens with zero attached hydrogens (tertiary/aromatic N) is 6. The van der Waals surface area contributed by atoms with Crippen molar-refractivity contribution < 1.29 is 76.9 Å². The number of carbonyl (C=O) groups excluding carboxylic acids is 11. The molecule has 28 nitrogen and oxygen atoms in total. The number of nitrogens with one attached hydrogen (secondary N) is 5. The molecule has 10 atom stereocenters. The van der Waals surface area contributed by atoms with Crippen LogP contribution in [0.2, 0.25) is 0 Å². The number of likely N-dealkylation sites (tertiary alicyclic amines) is 1. The number of imide groups is 1. The SMILES string of the molecule is CC[C@H](C)[C@@H]([C@@H](CC(=O)N1CCCC1N(C(=O)C(C)COC)[C@@H](Cc1ccccc1)C(=O)O)OC)N(C)C(=O)[C@@H](NC(=O)[C@H](C(C)C)N(C)CCc1ccc(N(C)C(=O)OCc2ccc(NC(=O)[C@H](CCCNC(N)=O)NC(=O)[C@@H](NC(=O)CCCCCN3C(=O)C=CC3=O)C(C)C)cc2)cc1)C(C)C. The number of hydrogen-bond acceptors (Lipinski definition) is 16. The molecular weight excluding hydrogens is 1350 g/mol. The fourth-order valence-corrected chi connectivity index (χ4v) is 13.4. The van der Waals surface area contributed by atoms with Crippen molar-refractivity contribution in [3.63, 3.8) is 0 Å². The van der Waals surface area contributed by atoms with Crippen LogP contribution in [-0.4, -0.2) is 218 Å². The molecule has 0 aromatic heterocycles.